The number of carboxylic acids is 1. The zero-order valence-corrected chi connectivity index (χ0v) is 11.4. The molecule has 4 nitrogen and oxygen atoms in total. The quantitative estimate of drug-likeness (QED) is 0.730. The Morgan fingerprint density at radius 2 is 2.00 bits per heavy atom. The third-order valence-corrected chi connectivity index (χ3v) is 3.27. The van der Waals surface area contributed by atoms with Gasteiger partial charge in [0.15, 0.2) is 0 Å². The fourth-order valence-electron chi connectivity index (χ4n) is 2.08. The maximum absolute atomic E-state index is 11.0. The van der Waals surface area contributed by atoms with Crippen LogP contribution in [0.25, 0.3) is 0 Å². The summed E-state index contributed by atoms with van der Waals surface area (Å²) in [7, 11) is 0. The largest absolute Gasteiger partial charge is 0.478 e. The molecule has 0 aliphatic rings. The Bertz CT molecular complexity index is 624. The van der Waals surface area contributed by atoms with Gasteiger partial charge in [-0.15, -0.1) is 0 Å². The van der Waals surface area contributed by atoms with Crippen molar-refractivity contribution in [3.8, 4) is 0 Å². The summed E-state index contributed by atoms with van der Waals surface area (Å²) in [5.74, 6) is -1.01. The standard InChI is InChI=1S/C16H18N2O2/c1-11-4-2-3-5-12(11)8-9-18-13-6-7-15(17)14(10-13)16(19)20/h2-7,10,18H,8-9,17H2,1H3,(H,19,20). The van der Waals surface area contributed by atoms with Crippen LogP contribution in [0.15, 0.2) is 42.5 Å². The van der Waals surface area contributed by atoms with Crippen LogP contribution in [-0.2, 0) is 6.42 Å². The zero-order chi connectivity index (χ0) is 14.5. The number of nitrogens with two attached hydrogens (primary N) is 1. The van der Waals surface area contributed by atoms with Gasteiger partial charge in [-0.3, -0.25) is 0 Å². The molecule has 0 radical (unpaired) electrons. The highest BCUT2D eigenvalue weighted by atomic mass is 16.4. The first kappa shape index (κ1) is 13.9. The van der Waals surface area contributed by atoms with Crippen LogP contribution in [0.1, 0.15) is 21.5 Å². The van der Waals surface area contributed by atoms with Crippen molar-refractivity contribution < 1.29 is 9.90 Å². The molecule has 0 heterocycles. The fraction of sp³-hybridized carbons (Fsp3) is 0.188. The molecule has 0 aromatic heterocycles. The van der Waals surface area contributed by atoms with Crippen molar-refractivity contribution >= 4 is 17.3 Å². The van der Waals surface area contributed by atoms with Gasteiger partial charge in [-0.1, -0.05) is 24.3 Å². The topological polar surface area (TPSA) is 75.3 Å². The van der Waals surface area contributed by atoms with Crippen LogP contribution in [0, 0.1) is 6.92 Å². The molecule has 20 heavy (non-hydrogen) atoms. The predicted molar refractivity (Wildman–Crippen MR) is 81.2 cm³/mol. The van der Waals surface area contributed by atoms with Crippen molar-refractivity contribution in [3.05, 3.63) is 59.2 Å². The maximum Gasteiger partial charge on any atom is 0.337 e. The minimum Gasteiger partial charge on any atom is -0.478 e. The lowest BCUT2D eigenvalue weighted by Crippen LogP contribution is -2.08. The number of nitrogen functional groups attached to an aromatic ring is 1. The molecule has 0 unspecified atom stereocenters. The van der Waals surface area contributed by atoms with Crippen LogP contribution in [0.5, 0.6) is 0 Å². The van der Waals surface area contributed by atoms with E-state index in [1.54, 1.807) is 18.2 Å². The van der Waals surface area contributed by atoms with E-state index < -0.39 is 5.97 Å². The van der Waals surface area contributed by atoms with E-state index in [1.807, 2.05) is 12.1 Å². The van der Waals surface area contributed by atoms with E-state index in [-0.39, 0.29) is 11.3 Å². The molecule has 0 aliphatic carbocycles. The molecule has 0 saturated heterocycles. The van der Waals surface area contributed by atoms with Gasteiger partial charge in [-0.25, -0.2) is 4.79 Å². The minimum absolute atomic E-state index is 0.130. The highest BCUT2D eigenvalue weighted by Gasteiger charge is 2.08. The summed E-state index contributed by atoms with van der Waals surface area (Å²) in [6, 6.07) is 13.2. The van der Waals surface area contributed by atoms with Gasteiger partial charge in [0.2, 0.25) is 0 Å². The Balaban J connectivity index is 2.00. The lowest BCUT2D eigenvalue weighted by molar-refractivity contribution is 0.0698. The molecule has 4 heteroatoms. The Kier molecular flexibility index (Phi) is 4.25. The SMILES string of the molecule is Cc1ccccc1CCNc1ccc(N)c(C(=O)O)c1. The van der Waals surface area contributed by atoms with Crippen LogP contribution in [0.2, 0.25) is 0 Å². The molecule has 0 fully saturated rings. The number of rotatable bonds is 5. The third-order valence-electron chi connectivity index (χ3n) is 3.27. The Labute approximate surface area is 118 Å². The second-order valence-corrected chi connectivity index (χ2v) is 4.71. The summed E-state index contributed by atoms with van der Waals surface area (Å²) >= 11 is 0. The number of hydrogen-bond donors (Lipinski definition) is 3. The second-order valence-electron chi connectivity index (χ2n) is 4.71. The van der Waals surface area contributed by atoms with Crippen molar-refractivity contribution in [3.63, 3.8) is 0 Å². The first-order valence-corrected chi connectivity index (χ1v) is 6.49. The lowest BCUT2D eigenvalue weighted by atomic mass is 10.1. The maximum atomic E-state index is 11.0. The van der Waals surface area contributed by atoms with E-state index in [1.165, 1.54) is 11.1 Å². The number of aromatic carboxylic acids is 1. The molecule has 0 amide bonds. The number of carbonyl (C=O) groups is 1. The zero-order valence-electron chi connectivity index (χ0n) is 11.4. The second kappa shape index (κ2) is 6.10. The van der Waals surface area contributed by atoms with Crippen LogP contribution in [-0.4, -0.2) is 17.6 Å². The molecule has 2 aromatic rings. The molecule has 0 spiro atoms. The number of benzene rings is 2. The molecule has 0 atom stereocenters. The highest BCUT2D eigenvalue weighted by Crippen LogP contribution is 2.18. The van der Waals surface area contributed by atoms with Crippen molar-refractivity contribution in [2.24, 2.45) is 0 Å². The monoisotopic (exact) mass is 270 g/mol. The van der Waals surface area contributed by atoms with Gasteiger partial charge in [0.05, 0.1) is 5.56 Å². The fourth-order valence-corrected chi connectivity index (χ4v) is 2.08. The normalized spacial score (nSPS) is 10.2. The molecule has 0 saturated carbocycles. The van der Waals surface area contributed by atoms with Gasteiger partial charge in [-0.2, -0.15) is 0 Å². The van der Waals surface area contributed by atoms with Crippen LogP contribution in [0.4, 0.5) is 11.4 Å². The van der Waals surface area contributed by atoms with Crippen molar-refractivity contribution in [2.75, 3.05) is 17.6 Å². The van der Waals surface area contributed by atoms with Gasteiger partial charge in [0.25, 0.3) is 0 Å². The van der Waals surface area contributed by atoms with E-state index >= 15 is 0 Å². The number of aryl methyl sites for hydroxylation is 1. The van der Waals surface area contributed by atoms with E-state index in [2.05, 4.69) is 24.4 Å². The van der Waals surface area contributed by atoms with Crippen molar-refractivity contribution in [2.45, 2.75) is 13.3 Å². The van der Waals surface area contributed by atoms with E-state index in [4.69, 9.17) is 10.8 Å². The smallest absolute Gasteiger partial charge is 0.337 e. The summed E-state index contributed by atoms with van der Waals surface area (Å²) in [6.07, 6.45) is 0.888. The van der Waals surface area contributed by atoms with Crippen molar-refractivity contribution in [1.82, 2.24) is 0 Å². The summed E-state index contributed by atoms with van der Waals surface area (Å²) < 4.78 is 0. The Hall–Kier alpha value is -2.49. The molecule has 104 valence electrons. The summed E-state index contributed by atoms with van der Waals surface area (Å²) in [6.45, 7) is 2.83. The molecular weight excluding hydrogens is 252 g/mol. The lowest BCUT2D eigenvalue weighted by Gasteiger charge is -2.10. The van der Waals surface area contributed by atoms with Gasteiger partial charge in [-0.05, 0) is 42.7 Å². The summed E-state index contributed by atoms with van der Waals surface area (Å²) in [5, 5.41) is 12.2. The highest BCUT2D eigenvalue weighted by molar-refractivity contribution is 5.94. The van der Waals surface area contributed by atoms with E-state index in [0.717, 1.165) is 18.7 Å². The molecule has 2 rings (SSSR count). The number of anilines is 2. The van der Waals surface area contributed by atoms with Crippen LogP contribution >= 0.6 is 0 Å². The summed E-state index contributed by atoms with van der Waals surface area (Å²) in [4.78, 5) is 11.0. The molecule has 2 aromatic carbocycles. The third kappa shape index (κ3) is 3.29. The number of hydrogen-bond acceptors (Lipinski definition) is 3. The van der Waals surface area contributed by atoms with Gasteiger partial charge >= 0.3 is 5.97 Å². The predicted octanol–water partition coefficient (Wildman–Crippen LogP) is 2.93. The Morgan fingerprint density at radius 3 is 2.70 bits per heavy atom. The first-order valence-electron chi connectivity index (χ1n) is 6.49. The average molecular weight is 270 g/mol. The van der Waals surface area contributed by atoms with Crippen LogP contribution in [0.3, 0.4) is 0 Å². The number of carboxylic acid groups (broad SMARTS) is 1. The Morgan fingerprint density at radius 1 is 1.25 bits per heavy atom. The van der Waals surface area contributed by atoms with E-state index in [9.17, 15) is 4.79 Å². The number of nitrogens with one attached hydrogen (secondary N) is 1. The van der Waals surface area contributed by atoms with Crippen LogP contribution < -0.4 is 11.1 Å². The first-order chi connectivity index (χ1) is 9.58. The molecular formula is C16H18N2O2. The molecule has 0 bridgehead atoms. The van der Waals surface area contributed by atoms with E-state index in [0.29, 0.717) is 0 Å². The summed E-state index contributed by atoms with van der Waals surface area (Å²) in [5.41, 5.74) is 9.35. The molecule has 0 aliphatic heterocycles. The van der Waals surface area contributed by atoms with Crippen molar-refractivity contribution in [1.29, 1.82) is 0 Å². The average Bonchev–Trinajstić information content (AvgIpc) is 2.42. The minimum atomic E-state index is -1.01. The molecule has 4 N–H and O–H groups in total. The van der Waals surface area contributed by atoms with Gasteiger partial charge in [0, 0.05) is 17.9 Å². The van der Waals surface area contributed by atoms with Gasteiger partial charge < -0.3 is 16.2 Å². The van der Waals surface area contributed by atoms with Gasteiger partial charge in [0.1, 0.15) is 0 Å².